The van der Waals surface area contributed by atoms with Crippen LogP contribution in [0.2, 0.25) is 0 Å². The average molecular weight is 443 g/mol. The molecule has 5 N–H and O–H groups in total. The monoisotopic (exact) mass is 442 g/mol. The standard InChI is InChI=1S/C25H30O7/c1-14(5-4-10-25(2,3)31)6-7-17-16(8-9-18(27)24(17)30)21-13-20(29)23-19(28)11-15(26)12-22(23)32-21/h6,8-9,11-12,21,26-28,30-31H,4-5,7,10,13H2,1-3H3/b14-6-/t21-/m0/s1. The Bertz CT molecular complexity index is 1050. The molecular formula is C25H30O7. The Morgan fingerprint density at radius 1 is 1.16 bits per heavy atom. The summed E-state index contributed by atoms with van der Waals surface area (Å²) in [4.78, 5) is 12.7. The summed E-state index contributed by atoms with van der Waals surface area (Å²) in [5.41, 5.74) is 1.36. The van der Waals surface area contributed by atoms with Crippen LogP contribution >= 0.6 is 0 Å². The van der Waals surface area contributed by atoms with Crippen molar-refractivity contribution in [1.29, 1.82) is 0 Å². The number of phenolic OH excluding ortho intramolecular Hbond substituents is 4. The maximum atomic E-state index is 12.7. The Morgan fingerprint density at radius 3 is 2.56 bits per heavy atom. The van der Waals surface area contributed by atoms with Gasteiger partial charge in [-0.25, -0.2) is 0 Å². The molecule has 0 aliphatic carbocycles. The summed E-state index contributed by atoms with van der Waals surface area (Å²) < 4.78 is 5.91. The fraction of sp³-hybridized carbons (Fsp3) is 0.400. The summed E-state index contributed by atoms with van der Waals surface area (Å²) in [6, 6.07) is 5.31. The third-order valence-corrected chi connectivity index (χ3v) is 5.64. The molecule has 0 bridgehead atoms. The number of benzene rings is 2. The van der Waals surface area contributed by atoms with E-state index in [1.54, 1.807) is 19.9 Å². The van der Waals surface area contributed by atoms with Crippen LogP contribution in [0.4, 0.5) is 0 Å². The highest BCUT2D eigenvalue weighted by molar-refractivity contribution is 6.02. The van der Waals surface area contributed by atoms with E-state index in [1.165, 1.54) is 12.1 Å². The molecule has 0 spiro atoms. The van der Waals surface area contributed by atoms with Crippen molar-refractivity contribution in [3.8, 4) is 28.7 Å². The number of hydrogen-bond donors (Lipinski definition) is 5. The van der Waals surface area contributed by atoms with Crippen LogP contribution in [-0.4, -0.2) is 36.9 Å². The minimum Gasteiger partial charge on any atom is -0.508 e. The van der Waals surface area contributed by atoms with Crippen molar-refractivity contribution in [3.63, 3.8) is 0 Å². The largest absolute Gasteiger partial charge is 0.508 e. The highest BCUT2D eigenvalue weighted by atomic mass is 16.5. The lowest BCUT2D eigenvalue weighted by Crippen LogP contribution is -2.21. The number of ketones is 1. The highest BCUT2D eigenvalue weighted by Gasteiger charge is 2.32. The molecule has 0 saturated carbocycles. The number of carbonyl (C=O) groups is 1. The molecule has 0 unspecified atom stereocenters. The predicted octanol–water partition coefficient (Wildman–Crippen LogP) is 4.65. The smallest absolute Gasteiger partial charge is 0.174 e. The second kappa shape index (κ2) is 9.12. The fourth-order valence-corrected chi connectivity index (χ4v) is 3.93. The van der Waals surface area contributed by atoms with Crippen LogP contribution < -0.4 is 4.74 Å². The number of phenols is 4. The van der Waals surface area contributed by atoms with Crippen molar-refractivity contribution in [1.82, 2.24) is 0 Å². The van der Waals surface area contributed by atoms with Crippen molar-refractivity contribution >= 4 is 5.78 Å². The third-order valence-electron chi connectivity index (χ3n) is 5.64. The average Bonchev–Trinajstić information content (AvgIpc) is 2.67. The van der Waals surface area contributed by atoms with Gasteiger partial charge in [-0.2, -0.15) is 0 Å². The van der Waals surface area contributed by atoms with E-state index in [0.717, 1.165) is 24.5 Å². The summed E-state index contributed by atoms with van der Waals surface area (Å²) in [5.74, 6) is -1.39. The summed E-state index contributed by atoms with van der Waals surface area (Å²) in [5, 5.41) is 50.2. The number of aromatic hydroxyl groups is 4. The van der Waals surface area contributed by atoms with Crippen molar-refractivity contribution in [3.05, 3.63) is 52.6 Å². The Morgan fingerprint density at radius 2 is 1.88 bits per heavy atom. The molecule has 172 valence electrons. The minimum atomic E-state index is -0.749. The third kappa shape index (κ3) is 5.34. The molecule has 7 nitrogen and oxygen atoms in total. The first kappa shape index (κ1) is 23.5. The molecular weight excluding hydrogens is 412 g/mol. The lowest BCUT2D eigenvalue weighted by Gasteiger charge is -2.28. The van der Waals surface area contributed by atoms with Gasteiger partial charge in [0.15, 0.2) is 17.3 Å². The van der Waals surface area contributed by atoms with Gasteiger partial charge in [-0.3, -0.25) is 4.79 Å². The van der Waals surface area contributed by atoms with E-state index in [9.17, 15) is 30.3 Å². The predicted molar refractivity (Wildman–Crippen MR) is 119 cm³/mol. The second-order valence-electron chi connectivity index (χ2n) is 8.99. The topological polar surface area (TPSA) is 127 Å². The SMILES string of the molecule is C/C(=C/Cc1c([C@@H]2CC(=O)c3c(O)cc(O)cc3O2)ccc(O)c1O)CCCC(C)(C)O. The van der Waals surface area contributed by atoms with Crippen LogP contribution in [0.5, 0.6) is 28.7 Å². The summed E-state index contributed by atoms with van der Waals surface area (Å²) >= 11 is 0. The van der Waals surface area contributed by atoms with Gasteiger partial charge in [0, 0.05) is 23.3 Å². The molecule has 7 heteroatoms. The first-order valence-electron chi connectivity index (χ1n) is 10.6. The van der Waals surface area contributed by atoms with E-state index in [-0.39, 0.29) is 46.5 Å². The van der Waals surface area contributed by atoms with Gasteiger partial charge in [-0.15, -0.1) is 0 Å². The van der Waals surface area contributed by atoms with E-state index in [0.29, 0.717) is 24.0 Å². The van der Waals surface area contributed by atoms with E-state index < -0.39 is 11.7 Å². The normalized spacial score (nSPS) is 16.6. The quantitative estimate of drug-likeness (QED) is 0.312. The number of aliphatic hydroxyl groups is 1. The van der Waals surface area contributed by atoms with E-state index in [1.807, 2.05) is 13.0 Å². The molecule has 0 amide bonds. The number of ether oxygens (including phenoxy) is 1. The van der Waals surface area contributed by atoms with Crippen LogP contribution in [0.25, 0.3) is 0 Å². The maximum Gasteiger partial charge on any atom is 0.174 e. The maximum absolute atomic E-state index is 12.7. The van der Waals surface area contributed by atoms with Crippen LogP contribution in [-0.2, 0) is 6.42 Å². The molecule has 0 aromatic heterocycles. The number of Topliss-reactive ketones (excluding diaryl/α,β-unsaturated/α-hetero) is 1. The van der Waals surface area contributed by atoms with Crippen LogP contribution in [0, 0.1) is 0 Å². The molecule has 2 aromatic rings. The van der Waals surface area contributed by atoms with Crippen LogP contribution in [0.1, 0.15) is 74.0 Å². The molecule has 1 aliphatic rings. The van der Waals surface area contributed by atoms with Crippen molar-refractivity contribution in [2.45, 2.75) is 64.6 Å². The van der Waals surface area contributed by atoms with Crippen LogP contribution in [0.3, 0.4) is 0 Å². The lowest BCUT2D eigenvalue weighted by molar-refractivity contribution is 0.0689. The van der Waals surface area contributed by atoms with E-state index in [2.05, 4.69) is 0 Å². The van der Waals surface area contributed by atoms with Gasteiger partial charge in [0.05, 0.1) is 12.0 Å². The van der Waals surface area contributed by atoms with Crippen molar-refractivity contribution in [2.24, 2.45) is 0 Å². The van der Waals surface area contributed by atoms with Gasteiger partial charge in [0.1, 0.15) is 28.9 Å². The number of carbonyl (C=O) groups excluding carboxylic acids is 1. The Kier molecular flexibility index (Phi) is 6.69. The zero-order chi connectivity index (χ0) is 23.6. The van der Waals surface area contributed by atoms with E-state index in [4.69, 9.17) is 4.74 Å². The minimum absolute atomic E-state index is 0.0196. The number of allylic oxidation sites excluding steroid dienone is 2. The first-order valence-corrected chi connectivity index (χ1v) is 10.6. The molecule has 3 rings (SSSR count). The van der Waals surface area contributed by atoms with Gasteiger partial charge >= 0.3 is 0 Å². The van der Waals surface area contributed by atoms with Crippen molar-refractivity contribution in [2.75, 3.05) is 0 Å². The number of hydrogen-bond acceptors (Lipinski definition) is 7. The van der Waals surface area contributed by atoms with Gasteiger partial charge < -0.3 is 30.3 Å². The number of rotatable bonds is 7. The van der Waals surface area contributed by atoms with Gasteiger partial charge in [-0.1, -0.05) is 17.7 Å². The van der Waals surface area contributed by atoms with E-state index >= 15 is 0 Å². The molecule has 1 atom stereocenters. The number of fused-ring (bicyclic) bond motifs is 1. The molecule has 0 saturated heterocycles. The Labute approximate surface area is 187 Å². The molecule has 32 heavy (non-hydrogen) atoms. The van der Waals surface area contributed by atoms with Gasteiger partial charge in [0.25, 0.3) is 0 Å². The highest BCUT2D eigenvalue weighted by Crippen LogP contribution is 2.44. The Hall–Kier alpha value is -3.19. The second-order valence-corrected chi connectivity index (χ2v) is 8.99. The molecule has 2 aromatic carbocycles. The van der Waals surface area contributed by atoms with Gasteiger partial charge in [-0.05, 0) is 52.5 Å². The van der Waals surface area contributed by atoms with Crippen molar-refractivity contribution < 1.29 is 35.1 Å². The fourth-order valence-electron chi connectivity index (χ4n) is 3.93. The Balaban J connectivity index is 1.86. The zero-order valence-corrected chi connectivity index (χ0v) is 18.6. The molecule has 0 radical (unpaired) electrons. The molecule has 0 fully saturated rings. The van der Waals surface area contributed by atoms with Gasteiger partial charge in [0.2, 0.25) is 0 Å². The lowest BCUT2D eigenvalue weighted by atomic mass is 9.90. The first-order chi connectivity index (χ1) is 15.0. The summed E-state index contributed by atoms with van der Waals surface area (Å²) in [7, 11) is 0. The van der Waals surface area contributed by atoms with Crippen LogP contribution in [0.15, 0.2) is 35.9 Å². The zero-order valence-electron chi connectivity index (χ0n) is 18.6. The molecule has 1 heterocycles. The summed E-state index contributed by atoms with van der Waals surface area (Å²) in [6.07, 6.45) is 3.71. The summed E-state index contributed by atoms with van der Waals surface area (Å²) in [6.45, 7) is 5.50. The molecule has 1 aliphatic heterocycles.